The molecule has 20 heavy (non-hydrogen) atoms. The van der Waals surface area contributed by atoms with E-state index < -0.39 is 0 Å². The molecule has 5 nitrogen and oxygen atoms in total. The highest BCUT2D eigenvalue weighted by Crippen LogP contribution is 2.43. The van der Waals surface area contributed by atoms with Crippen LogP contribution >= 0.6 is 11.3 Å². The fourth-order valence-electron chi connectivity index (χ4n) is 1.83. The lowest BCUT2D eigenvalue weighted by atomic mass is 10.1. The molecule has 6 heteroatoms. The van der Waals surface area contributed by atoms with E-state index in [-0.39, 0.29) is 6.04 Å². The van der Waals surface area contributed by atoms with Gasteiger partial charge in [0.15, 0.2) is 0 Å². The second-order valence-electron chi connectivity index (χ2n) is 4.27. The van der Waals surface area contributed by atoms with Gasteiger partial charge in [0, 0.05) is 23.6 Å². The summed E-state index contributed by atoms with van der Waals surface area (Å²) in [5.74, 6) is 1.99. The Kier molecular flexibility index (Phi) is 4.46. The molecule has 0 saturated carbocycles. The van der Waals surface area contributed by atoms with Gasteiger partial charge in [-0.3, -0.25) is 0 Å². The molecule has 0 aliphatic carbocycles. The van der Waals surface area contributed by atoms with E-state index in [4.69, 9.17) is 19.9 Å². The summed E-state index contributed by atoms with van der Waals surface area (Å²) < 4.78 is 16.1. The molecule has 1 aromatic carbocycles. The van der Waals surface area contributed by atoms with Gasteiger partial charge in [-0.25, -0.2) is 4.98 Å². The average molecular weight is 294 g/mol. The molecule has 2 N–H and O–H groups in total. The van der Waals surface area contributed by atoms with Crippen molar-refractivity contribution in [3.63, 3.8) is 0 Å². The zero-order valence-corrected chi connectivity index (χ0v) is 12.8. The highest BCUT2D eigenvalue weighted by atomic mass is 32.1. The standard InChI is InChI=1S/C14H18N2O3S/c1-8(15)10-7-20-14(16-10)13-11(18-3)5-9(17-2)6-12(13)19-4/h5-8H,15H2,1-4H3. The normalized spacial score (nSPS) is 12.1. The highest BCUT2D eigenvalue weighted by Gasteiger charge is 2.19. The molecule has 1 heterocycles. The number of aromatic nitrogens is 1. The Labute approximate surface area is 122 Å². The van der Waals surface area contributed by atoms with Gasteiger partial charge in [0.25, 0.3) is 0 Å². The zero-order chi connectivity index (χ0) is 14.7. The summed E-state index contributed by atoms with van der Waals surface area (Å²) in [6.45, 7) is 1.90. The lowest BCUT2D eigenvalue weighted by Gasteiger charge is -2.13. The van der Waals surface area contributed by atoms with Gasteiger partial charge in [-0.15, -0.1) is 11.3 Å². The maximum Gasteiger partial charge on any atom is 0.136 e. The summed E-state index contributed by atoms with van der Waals surface area (Å²) in [6, 6.07) is 3.52. The minimum Gasteiger partial charge on any atom is -0.496 e. The van der Waals surface area contributed by atoms with Crippen LogP contribution in [0.4, 0.5) is 0 Å². The summed E-state index contributed by atoms with van der Waals surface area (Å²) in [7, 11) is 4.82. The molecule has 0 fully saturated rings. The van der Waals surface area contributed by atoms with E-state index in [1.165, 1.54) is 11.3 Å². The van der Waals surface area contributed by atoms with E-state index in [0.717, 1.165) is 16.3 Å². The van der Waals surface area contributed by atoms with Crippen LogP contribution in [0.5, 0.6) is 17.2 Å². The second kappa shape index (κ2) is 6.11. The molecule has 0 bridgehead atoms. The van der Waals surface area contributed by atoms with Crippen LogP contribution in [0.3, 0.4) is 0 Å². The molecular weight excluding hydrogens is 276 g/mol. The lowest BCUT2D eigenvalue weighted by Crippen LogP contribution is -2.05. The number of methoxy groups -OCH3 is 3. The van der Waals surface area contributed by atoms with E-state index in [9.17, 15) is 0 Å². The molecule has 2 aromatic rings. The maximum atomic E-state index is 5.85. The fourth-order valence-corrected chi connectivity index (χ4v) is 2.80. The van der Waals surface area contributed by atoms with Crippen molar-refractivity contribution in [1.82, 2.24) is 4.98 Å². The molecule has 0 amide bonds. The molecule has 0 aliphatic heterocycles. The van der Waals surface area contributed by atoms with Gasteiger partial charge < -0.3 is 19.9 Å². The van der Waals surface area contributed by atoms with Crippen molar-refractivity contribution in [2.75, 3.05) is 21.3 Å². The third-order valence-corrected chi connectivity index (χ3v) is 3.80. The molecule has 1 atom stereocenters. The van der Waals surface area contributed by atoms with Crippen LogP contribution in [0.15, 0.2) is 17.5 Å². The molecule has 0 spiro atoms. The first-order valence-electron chi connectivity index (χ1n) is 6.12. The average Bonchev–Trinajstić information content (AvgIpc) is 2.95. The Morgan fingerprint density at radius 2 is 1.70 bits per heavy atom. The molecular formula is C14H18N2O3S. The lowest BCUT2D eigenvalue weighted by molar-refractivity contribution is 0.377. The molecule has 0 saturated heterocycles. The van der Waals surface area contributed by atoms with Crippen LogP contribution in [0.2, 0.25) is 0 Å². The Hall–Kier alpha value is -1.79. The number of ether oxygens (including phenoxy) is 3. The number of thiazole rings is 1. The van der Waals surface area contributed by atoms with E-state index >= 15 is 0 Å². The topological polar surface area (TPSA) is 66.6 Å². The Morgan fingerprint density at radius 1 is 1.10 bits per heavy atom. The fraction of sp³-hybridized carbons (Fsp3) is 0.357. The van der Waals surface area contributed by atoms with Crippen LogP contribution in [0.1, 0.15) is 18.7 Å². The summed E-state index contributed by atoms with van der Waals surface area (Å²) in [5.41, 5.74) is 7.52. The van der Waals surface area contributed by atoms with Crippen molar-refractivity contribution >= 4 is 11.3 Å². The second-order valence-corrected chi connectivity index (χ2v) is 5.13. The van der Waals surface area contributed by atoms with Gasteiger partial charge in [0.05, 0.1) is 32.6 Å². The number of rotatable bonds is 5. The van der Waals surface area contributed by atoms with Gasteiger partial charge in [-0.05, 0) is 6.92 Å². The monoisotopic (exact) mass is 294 g/mol. The SMILES string of the molecule is COc1cc(OC)c(-c2nc(C(C)N)cs2)c(OC)c1. The minimum atomic E-state index is -0.102. The molecule has 1 aromatic heterocycles. The summed E-state index contributed by atoms with van der Waals surface area (Å²) in [5, 5.41) is 2.76. The number of benzene rings is 1. The van der Waals surface area contributed by atoms with E-state index in [2.05, 4.69) is 4.98 Å². The summed E-state index contributed by atoms with van der Waals surface area (Å²) in [6.07, 6.45) is 0. The van der Waals surface area contributed by atoms with Crippen molar-refractivity contribution in [2.45, 2.75) is 13.0 Å². The van der Waals surface area contributed by atoms with Crippen LogP contribution in [-0.4, -0.2) is 26.3 Å². The number of nitrogens with two attached hydrogens (primary N) is 1. The van der Waals surface area contributed by atoms with Gasteiger partial charge in [0.2, 0.25) is 0 Å². The van der Waals surface area contributed by atoms with Crippen LogP contribution in [0, 0.1) is 0 Å². The smallest absolute Gasteiger partial charge is 0.136 e. The Morgan fingerprint density at radius 3 is 2.10 bits per heavy atom. The first kappa shape index (κ1) is 14.6. The van der Waals surface area contributed by atoms with Crippen molar-refractivity contribution in [3.8, 4) is 27.8 Å². The number of hydrogen-bond donors (Lipinski definition) is 1. The molecule has 1 unspecified atom stereocenters. The van der Waals surface area contributed by atoms with Gasteiger partial charge in [-0.1, -0.05) is 0 Å². The van der Waals surface area contributed by atoms with Crippen molar-refractivity contribution in [1.29, 1.82) is 0 Å². The van der Waals surface area contributed by atoms with Crippen LogP contribution < -0.4 is 19.9 Å². The zero-order valence-electron chi connectivity index (χ0n) is 12.0. The first-order chi connectivity index (χ1) is 9.60. The third-order valence-electron chi connectivity index (χ3n) is 2.92. The highest BCUT2D eigenvalue weighted by molar-refractivity contribution is 7.13. The summed E-state index contributed by atoms with van der Waals surface area (Å²) in [4.78, 5) is 4.55. The van der Waals surface area contributed by atoms with Gasteiger partial charge in [0.1, 0.15) is 22.3 Å². The predicted molar refractivity (Wildman–Crippen MR) is 79.8 cm³/mol. The first-order valence-corrected chi connectivity index (χ1v) is 7.00. The number of hydrogen-bond acceptors (Lipinski definition) is 6. The van der Waals surface area contributed by atoms with Crippen molar-refractivity contribution in [2.24, 2.45) is 5.73 Å². The van der Waals surface area contributed by atoms with Crippen molar-refractivity contribution < 1.29 is 14.2 Å². The molecule has 0 radical (unpaired) electrons. The quantitative estimate of drug-likeness (QED) is 0.918. The third kappa shape index (κ3) is 2.71. The summed E-state index contributed by atoms with van der Waals surface area (Å²) >= 11 is 1.51. The van der Waals surface area contributed by atoms with E-state index in [1.807, 2.05) is 24.4 Å². The largest absolute Gasteiger partial charge is 0.496 e. The van der Waals surface area contributed by atoms with Gasteiger partial charge >= 0.3 is 0 Å². The van der Waals surface area contributed by atoms with Crippen LogP contribution in [0.25, 0.3) is 10.6 Å². The van der Waals surface area contributed by atoms with E-state index in [0.29, 0.717) is 17.2 Å². The molecule has 0 aliphatic rings. The maximum absolute atomic E-state index is 5.85. The van der Waals surface area contributed by atoms with Crippen molar-refractivity contribution in [3.05, 3.63) is 23.2 Å². The minimum absolute atomic E-state index is 0.102. The Bertz CT molecular complexity index is 571. The van der Waals surface area contributed by atoms with E-state index in [1.54, 1.807) is 21.3 Å². The predicted octanol–water partition coefficient (Wildman–Crippen LogP) is 2.86. The molecule has 2 rings (SSSR count). The number of nitrogens with zero attached hydrogens (tertiary/aromatic N) is 1. The van der Waals surface area contributed by atoms with Gasteiger partial charge in [-0.2, -0.15) is 0 Å². The molecule has 108 valence electrons. The van der Waals surface area contributed by atoms with Crippen LogP contribution in [-0.2, 0) is 0 Å². The Balaban J connectivity index is 2.58.